The molecule has 5 nitrogen and oxygen atoms in total. The third-order valence-electron chi connectivity index (χ3n) is 2.03. The number of rotatable bonds is 3. The van der Waals surface area contributed by atoms with Crippen molar-refractivity contribution in [1.82, 2.24) is 20.2 Å². The second-order valence-corrected chi connectivity index (χ2v) is 4.59. The lowest BCUT2D eigenvalue weighted by Gasteiger charge is -2.03. The molecule has 84 valence electrons. The zero-order valence-corrected chi connectivity index (χ0v) is 10.2. The molecule has 0 atom stereocenters. The molecule has 1 aromatic carbocycles. The Bertz CT molecular complexity index is 498. The normalized spacial score (nSPS) is 10.7. The average molecular weight is 256 g/mol. The maximum atomic E-state index is 6.06. The van der Waals surface area contributed by atoms with E-state index in [1.165, 1.54) is 11.8 Å². The molecule has 1 aromatic heterocycles. The topological polar surface area (TPSA) is 69.6 Å². The van der Waals surface area contributed by atoms with Crippen LogP contribution in [-0.4, -0.2) is 20.2 Å². The number of aromatic nitrogens is 4. The fraction of sp³-hybridized carbons (Fsp3) is 0.222. The van der Waals surface area contributed by atoms with Gasteiger partial charge in [0.15, 0.2) is 0 Å². The molecule has 0 aliphatic heterocycles. The Kier molecular flexibility index (Phi) is 3.42. The van der Waals surface area contributed by atoms with Crippen molar-refractivity contribution < 1.29 is 0 Å². The maximum absolute atomic E-state index is 6.06. The van der Waals surface area contributed by atoms with Gasteiger partial charge in [-0.2, -0.15) is 0 Å². The van der Waals surface area contributed by atoms with Crippen LogP contribution in [0.1, 0.15) is 5.56 Å². The minimum atomic E-state index is 0.440. The summed E-state index contributed by atoms with van der Waals surface area (Å²) in [6.45, 7) is 0.440. The number of tetrazole rings is 1. The molecule has 2 aromatic rings. The highest BCUT2D eigenvalue weighted by atomic mass is 35.5. The lowest BCUT2D eigenvalue weighted by atomic mass is 10.2. The molecule has 7 heteroatoms. The molecule has 0 fully saturated rings. The van der Waals surface area contributed by atoms with E-state index in [1.54, 1.807) is 11.7 Å². The summed E-state index contributed by atoms with van der Waals surface area (Å²) >= 11 is 7.51. The van der Waals surface area contributed by atoms with Crippen LogP contribution >= 0.6 is 23.4 Å². The van der Waals surface area contributed by atoms with E-state index >= 15 is 0 Å². The smallest absolute Gasteiger partial charge is 0.213 e. The third kappa shape index (κ3) is 2.34. The van der Waals surface area contributed by atoms with E-state index in [0.29, 0.717) is 11.6 Å². The molecule has 2 rings (SSSR count). The summed E-state index contributed by atoms with van der Waals surface area (Å²) in [5.74, 6) is 0. The van der Waals surface area contributed by atoms with Crippen molar-refractivity contribution in [2.75, 3.05) is 0 Å². The molecule has 0 aliphatic carbocycles. The Balaban J connectivity index is 2.23. The van der Waals surface area contributed by atoms with Gasteiger partial charge in [-0.1, -0.05) is 17.7 Å². The van der Waals surface area contributed by atoms with Gasteiger partial charge < -0.3 is 5.73 Å². The monoisotopic (exact) mass is 255 g/mol. The van der Waals surface area contributed by atoms with Crippen LogP contribution in [0, 0.1) is 0 Å². The van der Waals surface area contributed by atoms with E-state index in [2.05, 4.69) is 15.5 Å². The van der Waals surface area contributed by atoms with E-state index in [-0.39, 0.29) is 0 Å². The van der Waals surface area contributed by atoms with Crippen molar-refractivity contribution >= 4 is 23.4 Å². The molecule has 0 amide bonds. The van der Waals surface area contributed by atoms with Crippen molar-refractivity contribution in [3.8, 4) is 0 Å². The predicted molar refractivity (Wildman–Crippen MR) is 62.3 cm³/mol. The lowest BCUT2D eigenvalue weighted by molar-refractivity contribution is 0.664. The summed E-state index contributed by atoms with van der Waals surface area (Å²) in [7, 11) is 1.79. The highest BCUT2D eigenvalue weighted by Crippen LogP contribution is 2.28. The van der Waals surface area contributed by atoms with E-state index in [0.717, 1.165) is 15.6 Å². The number of nitrogens with two attached hydrogens (primary N) is 1. The number of halogens is 1. The van der Waals surface area contributed by atoms with Crippen LogP contribution in [0.15, 0.2) is 28.3 Å². The first-order chi connectivity index (χ1) is 7.70. The molecule has 0 bridgehead atoms. The summed E-state index contributed by atoms with van der Waals surface area (Å²) in [5, 5.41) is 12.6. The van der Waals surface area contributed by atoms with Gasteiger partial charge in [0.2, 0.25) is 5.16 Å². The molecule has 0 aliphatic rings. The Labute approximate surface area is 102 Å². The lowest BCUT2D eigenvalue weighted by Crippen LogP contribution is -1.97. The molecular formula is C9H10ClN5S. The first kappa shape index (κ1) is 11.4. The van der Waals surface area contributed by atoms with Gasteiger partial charge in [-0.3, -0.25) is 0 Å². The van der Waals surface area contributed by atoms with E-state index < -0.39 is 0 Å². The summed E-state index contributed by atoms with van der Waals surface area (Å²) in [6.07, 6.45) is 0. The minimum Gasteiger partial charge on any atom is -0.326 e. The Morgan fingerprint density at radius 1 is 1.50 bits per heavy atom. The van der Waals surface area contributed by atoms with Gasteiger partial charge in [0, 0.05) is 23.5 Å². The number of aryl methyl sites for hydroxylation is 1. The third-order valence-corrected chi connectivity index (χ3v) is 3.40. The molecule has 0 saturated carbocycles. The Morgan fingerprint density at radius 3 is 2.88 bits per heavy atom. The second-order valence-electron chi connectivity index (χ2n) is 3.14. The van der Waals surface area contributed by atoms with Crippen LogP contribution in [0.5, 0.6) is 0 Å². The largest absolute Gasteiger partial charge is 0.326 e. The van der Waals surface area contributed by atoms with Crippen LogP contribution < -0.4 is 5.73 Å². The van der Waals surface area contributed by atoms with Gasteiger partial charge >= 0.3 is 0 Å². The second kappa shape index (κ2) is 4.82. The fourth-order valence-electron chi connectivity index (χ4n) is 1.17. The van der Waals surface area contributed by atoms with Crippen molar-refractivity contribution in [2.24, 2.45) is 12.8 Å². The zero-order chi connectivity index (χ0) is 11.5. The number of hydrogen-bond acceptors (Lipinski definition) is 5. The van der Waals surface area contributed by atoms with Gasteiger partial charge in [0.05, 0.1) is 0 Å². The molecule has 0 unspecified atom stereocenters. The summed E-state index contributed by atoms with van der Waals surface area (Å²) in [4.78, 5) is 0.986. The van der Waals surface area contributed by atoms with Crippen LogP contribution in [0.2, 0.25) is 5.02 Å². The number of nitrogens with zero attached hydrogens (tertiary/aromatic N) is 4. The van der Waals surface area contributed by atoms with Crippen molar-refractivity contribution in [3.63, 3.8) is 0 Å². The first-order valence-electron chi connectivity index (χ1n) is 4.59. The minimum absolute atomic E-state index is 0.440. The summed E-state index contributed by atoms with van der Waals surface area (Å²) < 4.78 is 1.61. The number of benzene rings is 1. The van der Waals surface area contributed by atoms with Gasteiger partial charge in [0.1, 0.15) is 0 Å². The fourth-order valence-corrected chi connectivity index (χ4v) is 2.26. The Hall–Kier alpha value is -1.11. The highest BCUT2D eigenvalue weighted by Gasteiger charge is 2.06. The molecular weight excluding hydrogens is 246 g/mol. The molecule has 0 radical (unpaired) electrons. The predicted octanol–water partition coefficient (Wildman–Crippen LogP) is 1.47. The van der Waals surface area contributed by atoms with Crippen molar-refractivity contribution in [1.29, 1.82) is 0 Å². The molecule has 0 spiro atoms. The SMILES string of the molecule is Cn1nnnc1Sc1ccc(CN)c(Cl)c1. The molecule has 16 heavy (non-hydrogen) atoms. The zero-order valence-electron chi connectivity index (χ0n) is 8.59. The highest BCUT2D eigenvalue weighted by molar-refractivity contribution is 7.99. The molecule has 0 saturated heterocycles. The average Bonchev–Trinajstić information content (AvgIpc) is 2.65. The maximum Gasteiger partial charge on any atom is 0.213 e. The van der Waals surface area contributed by atoms with Crippen molar-refractivity contribution in [2.45, 2.75) is 16.6 Å². The summed E-state index contributed by atoms with van der Waals surface area (Å²) in [5.41, 5.74) is 6.47. The van der Waals surface area contributed by atoms with Crippen molar-refractivity contribution in [3.05, 3.63) is 28.8 Å². The van der Waals surface area contributed by atoms with Gasteiger partial charge in [-0.05, 0) is 39.9 Å². The first-order valence-corrected chi connectivity index (χ1v) is 5.79. The molecule has 1 heterocycles. The number of hydrogen-bond donors (Lipinski definition) is 1. The van der Waals surface area contributed by atoms with E-state index in [4.69, 9.17) is 17.3 Å². The Morgan fingerprint density at radius 2 is 2.31 bits per heavy atom. The quantitative estimate of drug-likeness (QED) is 0.900. The van der Waals surface area contributed by atoms with Crippen LogP contribution in [0.25, 0.3) is 0 Å². The summed E-state index contributed by atoms with van der Waals surface area (Å²) in [6, 6.07) is 5.73. The van der Waals surface area contributed by atoms with Gasteiger partial charge in [-0.25, -0.2) is 4.68 Å². The van der Waals surface area contributed by atoms with Crippen LogP contribution in [0.4, 0.5) is 0 Å². The molecule has 2 N–H and O–H groups in total. The van der Waals surface area contributed by atoms with Gasteiger partial charge in [-0.15, -0.1) is 5.10 Å². The van der Waals surface area contributed by atoms with E-state index in [9.17, 15) is 0 Å². The standard InChI is InChI=1S/C9H10ClN5S/c1-15-9(12-13-14-15)16-7-3-2-6(5-11)8(10)4-7/h2-4H,5,11H2,1H3. The van der Waals surface area contributed by atoms with Crippen LogP contribution in [0.3, 0.4) is 0 Å². The van der Waals surface area contributed by atoms with E-state index in [1.807, 2.05) is 18.2 Å². The van der Waals surface area contributed by atoms with Gasteiger partial charge in [0.25, 0.3) is 0 Å². The van der Waals surface area contributed by atoms with Crippen LogP contribution in [-0.2, 0) is 13.6 Å².